The van der Waals surface area contributed by atoms with Crippen LogP contribution in [0.15, 0.2) is 0 Å². The highest BCUT2D eigenvalue weighted by atomic mass is 16.7. The Morgan fingerprint density at radius 1 is 1.07 bits per heavy atom. The minimum atomic E-state index is -0.349. The molecule has 0 heterocycles. The van der Waals surface area contributed by atoms with Crippen LogP contribution in [0.5, 0.6) is 0 Å². The maximum Gasteiger partial charge on any atom is 0.295 e. The van der Waals surface area contributed by atoms with Gasteiger partial charge in [0.25, 0.3) is 6.47 Å². The van der Waals surface area contributed by atoms with E-state index in [-0.39, 0.29) is 6.29 Å². The lowest BCUT2D eigenvalue weighted by atomic mass is 10.1. The summed E-state index contributed by atoms with van der Waals surface area (Å²) in [7, 11) is 0. The van der Waals surface area contributed by atoms with E-state index in [0.717, 1.165) is 6.42 Å². The first-order chi connectivity index (χ1) is 7.35. The van der Waals surface area contributed by atoms with E-state index in [4.69, 9.17) is 9.47 Å². The van der Waals surface area contributed by atoms with Crippen molar-refractivity contribution in [2.75, 3.05) is 6.61 Å². The molecule has 90 valence electrons. The van der Waals surface area contributed by atoms with Gasteiger partial charge < -0.3 is 9.47 Å². The predicted molar refractivity (Wildman–Crippen MR) is 60.6 cm³/mol. The second-order valence-corrected chi connectivity index (χ2v) is 3.71. The largest absolute Gasteiger partial charge is 0.438 e. The van der Waals surface area contributed by atoms with E-state index < -0.39 is 0 Å². The van der Waals surface area contributed by atoms with E-state index in [1.807, 2.05) is 6.92 Å². The van der Waals surface area contributed by atoms with Gasteiger partial charge in [0.05, 0.1) is 6.61 Å². The van der Waals surface area contributed by atoms with Crippen LogP contribution in [0.1, 0.15) is 58.8 Å². The smallest absolute Gasteiger partial charge is 0.295 e. The molecule has 0 aromatic heterocycles. The third-order valence-electron chi connectivity index (χ3n) is 2.34. The van der Waals surface area contributed by atoms with Crippen molar-refractivity contribution in [3.8, 4) is 0 Å². The second-order valence-electron chi connectivity index (χ2n) is 3.71. The molecule has 1 unspecified atom stereocenters. The van der Waals surface area contributed by atoms with Crippen LogP contribution in [0, 0.1) is 0 Å². The van der Waals surface area contributed by atoms with Crippen molar-refractivity contribution in [2.45, 2.75) is 65.1 Å². The monoisotopic (exact) mass is 216 g/mol. The average molecular weight is 216 g/mol. The van der Waals surface area contributed by atoms with Crippen LogP contribution in [0.4, 0.5) is 0 Å². The minimum absolute atomic E-state index is 0.349. The Hall–Kier alpha value is -0.570. The fourth-order valence-corrected chi connectivity index (χ4v) is 1.41. The van der Waals surface area contributed by atoms with Crippen molar-refractivity contribution in [1.29, 1.82) is 0 Å². The molecule has 0 radical (unpaired) electrons. The van der Waals surface area contributed by atoms with Gasteiger partial charge in [-0.2, -0.15) is 0 Å². The van der Waals surface area contributed by atoms with Crippen LogP contribution in [-0.4, -0.2) is 19.4 Å². The number of hydrogen-bond acceptors (Lipinski definition) is 3. The molecule has 0 N–H and O–H groups in total. The second kappa shape index (κ2) is 11.5. The van der Waals surface area contributed by atoms with Crippen molar-refractivity contribution < 1.29 is 14.3 Å². The minimum Gasteiger partial charge on any atom is -0.438 e. The Kier molecular flexibility index (Phi) is 11.1. The maximum absolute atomic E-state index is 10.1. The third kappa shape index (κ3) is 9.73. The summed E-state index contributed by atoms with van der Waals surface area (Å²) in [4.78, 5) is 10.1. The fraction of sp³-hybridized carbons (Fsp3) is 0.917. The van der Waals surface area contributed by atoms with Crippen LogP contribution < -0.4 is 0 Å². The number of rotatable bonds is 11. The lowest BCUT2D eigenvalue weighted by Gasteiger charge is -2.13. The molecular formula is C12H24O3. The van der Waals surface area contributed by atoms with E-state index in [2.05, 4.69) is 6.92 Å². The topological polar surface area (TPSA) is 35.5 Å². The fourth-order valence-electron chi connectivity index (χ4n) is 1.41. The van der Waals surface area contributed by atoms with E-state index in [0.29, 0.717) is 19.5 Å². The Bertz CT molecular complexity index is 137. The van der Waals surface area contributed by atoms with Gasteiger partial charge in [-0.15, -0.1) is 0 Å². The molecule has 0 amide bonds. The van der Waals surface area contributed by atoms with Gasteiger partial charge in [0, 0.05) is 6.42 Å². The number of hydrogen-bond donors (Lipinski definition) is 0. The van der Waals surface area contributed by atoms with Crippen LogP contribution in [0.2, 0.25) is 0 Å². The summed E-state index contributed by atoms with van der Waals surface area (Å²) in [6, 6.07) is 0. The quantitative estimate of drug-likeness (QED) is 0.302. The number of carbonyl (C=O) groups is 1. The molecule has 15 heavy (non-hydrogen) atoms. The molecule has 0 aliphatic heterocycles. The van der Waals surface area contributed by atoms with E-state index in [1.165, 1.54) is 32.1 Å². The molecule has 0 fully saturated rings. The lowest BCUT2D eigenvalue weighted by Crippen LogP contribution is -2.16. The lowest BCUT2D eigenvalue weighted by molar-refractivity contribution is -0.164. The molecule has 0 aromatic rings. The first-order valence-electron chi connectivity index (χ1n) is 6.05. The summed E-state index contributed by atoms with van der Waals surface area (Å²) in [6.45, 7) is 5.30. The molecule has 0 saturated heterocycles. The Balaban J connectivity index is 3.17. The van der Waals surface area contributed by atoms with Gasteiger partial charge in [-0.25, -0.2) is 0 Å². The van der Waals surface area contributed by atoms with Gasteiger partial charge in [-0.1, -0.05) is 46.0 Å². The third-order valence-corrected chi connectivity index (χ3v) is 2.34. The van der Waals surface area contributed by atoms with Crippen LogP contribution in [-0.2, 0) is 14.3 Å². The van der Waals surface area contributed by atoms with E-state index in [9.17, 15) is 4.79 Å². The molecule has 0 bridgehead atoms. The van der Waals surface area contributed by atoms with Crippen molar-refractivity contribution >= 4 is 6.47 Å². The van der Waals surface area contributed by atoms with E-state index >= 15 is 0 Å². The van der Waals surface area contributed by atoms with Gasteiger partial charge in [-0.3, -0.25) is 4.79 Å². The first kappa shape index (κ1) is 14.4. The Labute approximate surface area is 93.1 Å². The normalized spacial score (nSPS) is 12.4. The van der Waals surface area contributed by atoms with Crippen LogP contribution in [0.3, 0.4) is 0 Å². The zero-order valence-electron chi connectivity index (χ0n) is 10.0. The van der Waals surface area contributed by atoms with Gasteiger partial charge in [0.15, 0.2) is 0 Å². The van der Waals surface area contributed by atoms with Crippen molar-refractivity contribution in [3.05, 3.63) is 0 Å². The summed E-state index contributed by atoms with van der Waals surface area (Å²) >= 11 is 0. The first-order valence-corrected chi connectivity index (χ1v) is 6.05. The van der Waals surface area contributed by atoms with Gasteiger partial charge in [-0.05, 0) is 6.42 Å². The summed E-state index contributed by atoms with van der Waals surface area (Å²) in [6.07, 6.45) is 7.84. The zero-order chi connectivity index (χ0) is 11.4. The molecule has 3 nitrogen and oxygen atoms in total. The Morgan fingerprint density at radius 3 is 2.33 bits per heavy atom. The summed E-state index contributed by atoms with van der Waals surface area (Å²) in [5.74, 6) is 0. The van der Waals surface area contributed by atoms with Gasteiger partial charge >= 0.3 is 0 Å². The van der Waals surface area contributed by atoms with Gasteiger partial charge in [0.2, 0.25) is 6.29 Å². The molecule has 3 heteroatoms. The van der Waals surface area contributed by atoms with Crippen molar-refractivity contribution in [3.63, 3.8) is 0 Å². The molecule has 0 spiro atoms. The highest BCUT2D eigenvalue weighted by Gasteiger charge is 2.04. The standard InChI is InChI=1S/C12H24O3/c1-3-5-6-7-8-9-10-14-12(4-2)15-11-13/h11-12H,3-10H2,1-2H3. The number of ether oxygens (including phenoxy) is 2. The SMILES string of the molecule is CCCCCCCCOC(CC)OC=O. The number of unbranched alkanes of at least 4 members (excludes halogenated alkanes) is 5. The van der Waals surface area contributed by atoms with Gasteiger partial charge in [0.1, 0.15) is 0 Å². The molecule has 0 aromatic carbocycles. The molecule has 0 rings (SSSR count). The summed E-state index contributed by atoms with van der Waals surface area (Å²) in [5.41, 5.74) is 0. The van der Waals surface area contributed by atoms with E-state index in [1.54, 1.807) is 0 Å². The summed E-state index contributed by atoms with van der Waals surface area (Å²) in [5, 5.41) is 0. The maximum atomic E-state index is 10.1. The zero-order valence-corrected chi connectivity index (χ0v) is 10.0. The molecule has 1 atom stereocenters. The number of carbonyl (C=O) groups excluding carboxylic acids is 1. The molecular weight excluding hydrogens is 192 g/mol. The van der Waals surface area contributed by atoms with Crippen LogP contribution in [0.25, 0.3) is 0 Å². The van der Waals surface area contributed by atoms with Crippen LogP contribution >= 0.6 is 0 Å². The highest BCUT2D eigenvalue weighted by Crippen LogP contribution is 2.06. The average Bonchev–Trinajstić information content (AvgIpc) is 2.26. The Morgan fingerprint density at radius 2 is 1.73 bits per heavy atom. The predicted octanol–water partition coefficient (Wildman–Crippen LogP) is 3.27. The molecule has 0 aliphatic carbocycles. The van der Waals surface area contributed by atoms with Crippen molar-refractivity contribution in [1.82, 2.24) is 0 Å². The van der Waals surface area contributed by atoms with Crippen molar-refractivity contribution in [2.24, 2.45) is 0 Å². The molecule has 0 saturated carbocycles. The highest BCUT2D eigenvalue weighted by molar-refractivity contribution is 5.37. The molecule has 0 aliphatic rings. The summed E-state index contributed by atoms with van der Waals surface area (Å²) < 4.78 is 10.1.